The van der Waals surface area contributed by atoms with Gasteiger partial charge in [-0.3, -0.25) is 19.8 Å². The maximum atomic E-state index is 14.1. The number of rotatable bonds is 5. The minimum Gasteiger partial charge on any atom is -0.490 e. The molecule has 0 bridgehead atoms. The molecule has 2 rings (SSSR count). The fourth-order valence-corrected chi connectivity index (χ4v) is 2.78. The number of benzene rings is 1. The maximum Gasteiger partial charge on any atom is 0.323 e. The van der Waals surface area contributed by atoms with Crippen LogP contribution >= 0.6 is 0 Å². The average Bonchev–Trinajstić information content (AvgIpc) is 2.64. The molecule has 0 spiro atoms. The summed E-state index contributed by atoms with van der Waals surface area (Å²) in [5.41, 5.74) is 1.50. The minimum atomic E-state index is -1.08. The molecule has 0 unspecified atom stereocenters. The van der Waals surface area contributed by atoms with Crippen molar-refractivity contribution >= 4 is 23.5 Å². The Labute approximate surface area is 150 Å². The van der Waals surface area contributed by atoms with Crippen LogP contribution in [-0.4, -0.2) is 30.5 Å². The quantitative estimate of drug-likeness (QED) is 0.237. The maximum absolute atomic E-state index is 14.1. The zero-order valence-electron chi connectivity index (χ0n) is 14.4. The lowest BCUT2D eigenvalue weighted by atomic mass is 9.87. The largest absolute Gasteiger partial charge is 0.490 e. The number of anilines is 1. The van der Waals surface area contributed by atoms with Gasteiger partial charge in [0.25, 0.3) is 0 Å². The first-order chi connectivity index (χ1) is 12.4. The van der Waals surface area contributed by atoms with E-state index in [4.69, 9.17) is 15.3 Å². The first-order valence-electron chi connectivity index (χ1n) is 8.39. The minimum absolute atomic E-state index is 0.113. The van der Waals surface area contributed by atoms with E-state index in [1.165, 1.54) is 12.1 Å². The van der Waals surface area contributed by atoms with E-state index in [2.05, 4.69) is 5.32 Å². The van der Waals surface area contributed by atoms with Gasteiger partial charge >= 0.3 is 17.8 Å². The van der Waals surface area contributed by atoms with Gasteiger partial charge in [-0.1, -0.05) is 0 Å². The molecule has 26 heavy (non-hydrogen) atoms. The van der Waals surface area contributed by atoms with Crippen LogP contribution < -0.4 is 21.3 Å². The summed E-state index contributed by atoms with van der Waals surface area (Å²) in [4.78, 5) is 34.2. The summed E-state index contributed by atoms with van der Waals surface area (Å²) in [6, 6.07) is 3.93. The Kier molecular flexibility index (Phi) is 6.90. The van der Waals surface area contributed by atoms with Crippen LogP contribution in [0.15, 0.2) is 18.2 Å². The molecule has 1 aromatic rings. The molecule has 0 radical (unpaired) electrons. The Morgan fingerprint density at radius 2 is 1.88 bits per heavy atom. The second kappa shape index (κ2) is 9.14. The molecule has 8 nitrogen and oxygen atoms in total. The Morgan fingerprint density at radius 3 is 2.46 bits per heavy atom. The van der Waals surface area contributed by atoms with Gasteiger partial charge in [0.2, 0.25) is 0 Å². The van der Waals surface area contributed by atoms with Crippen molar-refractivity contribution in [2.24, 2.45) is 11.8 Å². The zero-order chi connectivity index (χ0) is 19.1. The number of ether oxygens (including phenoxy) is 2. The highest BCUT2D eigenvalue weighted by molar-refractivity contribution is 6.39. The molecule has 1 fully saturated rings. The van der Waals surface area contributed by atoms with Gasteiger partial charge in [0.1, 0.15) is 11.6 Å². The molecule has 9 heteroatoms. The van der Waals surface area contributed by atoms with Crippen molar-refractivity contribution < 1.29 is 28.2 Å². The lowest BCUT2D eigenvalue weighted by Crippen LogP contribution is -2.39. The van der Waals surface area contributed by atoms with Crippen LogP contribution in [0.1, 0.15) is 32.6 Å². The molecule has 1 aliphatic carbocycles. The van der Waals surface area contributed by atoms with Crippen LogP contribution in [0.5, 0.6) is 5.75 Å². The van der Waals surface area contributed by atoms with Crippen LogP contribution in [0.25, 0.3) is 0 Å². The summed E-state index contributed by atoms with van der Waals surface area (Å²) in [7, 11) is 0. The van der Waals surface area contributed by atoms with E-state index in [0.29, 0.717) is 38.0 Å². The van der Waals surface area contributed by atoms with Crippen molar-refractivity contribution in [3.05, 3.63) is 24.0 Å². The molecular formula is C17H22FN3O5. The Balaban J connectivity index is 1.89. The summed E-state index contributed by atoms with van der Waals surface area (Å²) in [6.45, 7) is 2.14. The van der Waals surface area contributed by atoms with Crippen LogP contribution in [0, 0.1) is 11.7 Å². The standard InChI is InChI=1S/C17H22FN3O5/c1-2-25-17(24)10-3-5-11(6-4-10)26-12-7-8-14(13(18)9-12)20-15(22)16(23)21-19/h7-11H,2-6,19H2,1H3,(H,20,22)(H,21,23). The van der Waals surface area contributed by atoms with Crippen LogP contribution in [0.4, 0.5) is 10.1 Å². The van der Waals surface area contributed by atoms with Crippen molar-refractivity contribution in [3.8, 4) is 5.75 Å². The number of hydrazine groups is 1. The van der Waals surface area contributed by atoms with Gasteiger partial charge in [-0.25, -0.2) is 10.2 Å². The van der Waals surface area contributed by atoms with Gasteiger partial charge in [-0.15, -0.1) is 0 Å². The number of hydrogen-bond acceptors (Lipinski definition) is 6. The van der Waals surface area contributed by atoms with Crippen molar-refractivity contribution in [1.29, 1.82) is 0 Å². The number of carbonyl (C=O) groups is 3. The fourth-order valence-electron chi connectivity index (χ4n) is 2.78. The number of amides is 2. The van der Waals surface area contributed by atoms with Gasteiger partial charge < -0.3 is 14.8 Å². The van der Waals surface area contributed by atoms with E-state index < -0.39 is 17.6 Å². The number of nitrogens with one attached hydrogen (secondary N) is 2. The van der Waals surface area contributed by atoms with Gasteiger partial charge in [0, 0.05) is 6.07 Å². The molecule has 0 heterocycles. The van der Waals surface area contributed by atoms with E-state index in [-0.39, 0.29) is 23.7 Å². The van der Waals surface area contributed by atoms with E-state index in [0.717, 1.165) is 6.07 Å². The highest BCUT2D eigenvalue weighted by Crippen LogP contribution is 2.29. The number of halogens is 1. The molecule has 142 valence electrons. The molecule has 1 aliphatic rings. The van der Waals surface area contributed by atoms with Gasteiger partial charge in [-0.2, -0.15) is 0 Å². The normalized spacial score (nSPS) is 19.3. The number of nitrogens with two attached hydrogens (primary N) is 1. The third-order valence-corrected chi connectivity index (χ3v) is 4.12. The molecule has 4 N–H and O–H groups in total. The molecule has 2 amide bonds. The lowest BCUT2D eigenvalue weighted by Gasteiger charge is -2.27. The van der Waals surface area contributed by atoms with Crippen molar-refractivity contribution in [2.45, 2.75) is 38.7 Å². The molecular weight excluding hydrogens is 345 g/mol. The predicted molar refractivity (Wildman–Crippen MR) is 90.4 cm³/mol. The van der Waals surface area contributed by atoms with Crippen LogP contribution in [-0.2, 0) is 19.1 Å². The smallest absolute Gasteiger partial charge is 0.323 e. The van der Waals surface area contributed by atoms with E-state index >= 15 is 0 Å². The van der Waals surface area contributed by atoms with Crippen molar-refractivity contribution in [2.75, 3.05) is 11.9 Å². The Bertz CT molecular complexity index is 674. The number of carbonyl (C=O) groups excluding carboxylic acids is 3. The van der Waals surface area contributed by atoms with Crippen LogP contribution in [0.3, 0.4) is 0 Å². The van der Waals surface area contributed by atoms with Gasteiger partial charge in [0.15, 0.2) is 0 Å². The molecule has 0 aromatic heterocycles. The zero-order valence-corrected chi connectivity index (χ0v) is 14.4. The van der Waals surface area contributed by atoms with Crippen molar-refractivity contribution in [3.63, 3.8) is 0 Å². The topological polar surface area (TPSA) is 120 Å². The van der Waals surface area contributed by atoms with E-state index in [1.54, 1.807) is 12.3 Å². The summed E-state index contributed by atoms with van der Waals surface area (Å²) < 4.78 is 24.8. The monoisotopic (exact) mass is 367 g/mol. The van der Waals surface area contributed by atoms with E-state index in [1.807, 2.05) is 0 Å². The van der Waals surface area contributed by atoms with E-state index in [9.17, 15) is 18.8 Å². The van der Waals surface area contributed by atoms with Crippen LogP contribution in [0.2, 0.25) is 0 Å². The third-order valence-electron chi connectivity index (χ3n) is 4.12. The molecule has 1 aromatic carbocycles. The SMILES string of the molecule is CCOC(=O)C1CCC(Oc2ccc(NC(=O)C(=O)NN)c(F)c2)CC1. The first-order valence-corrected chi connectivity index (χ1v) is 8.39. The summed E-state index contributed by atoms with van der Waals surface area (Å²) in [5, 5.41) is 2.11. The molecule has 1 saturated carbocycles. The summed E-state index contributed by atoms with van der Waals surface area (Å²) in [6.07, 6.45) is 2.53. The Morgan fingerprint density at radius 1 is 1.19 bits per heavy atom. The second-order valence-electron chi connectivity index (χ2n) is 5.91. The number of esters is 1. The molecule has 0 aliphatic heterocycles. The second-order valence-corrected chi connectivity index (χ2v) is 5.91. The van der Waals surface area contributed by atoms with Gasteiger partial charge in [-0.05, 0) is 44.7 Å². The third kappa shape index (κ3) is 5.16. The first kappa shape index (κ1) is 19.6. The number of hydrogen-bond donors (Lipinski definition) is 3. The molecule has 0 saturated heterocycles. The average molecular weight is 367 g/mol. The summed E-state index contributed by atoms with van der Waals surface area (Å²) in [5.74, 6) is 1.96. The summed E-state index contributed by atoms with van der Waals surface area (Å²) >= 11 is 0. The highest BCUT2D eigenvalue weighted by atomic mass is 19.1. The highest BCUT2D eigenvalue weighted by Gasteiger charge is 2.28. The van der Waals surface area contributed by atoms with Crippen molar-refractivity contribution in [1.82, 2.24) is 5.43 Å². The predicted octanol–water partition coefficient (Wildman–Crippen LogP) is 1.25. The lowest BCUT2D eigenvalue weighted by molar-refractivity contribution is -0.149. The van der Waals surface area contributed by atoms with Gasteiger partial charge in [0.05, 0.1) is 24.3 Å². The molecule has 0 atom stereocenters. The fraction of sp³-hybridized carbons (Fsp3) is 0.471. The Hall–Kier alpha value is -2.68.